The van der Waals surface area contributed by atoms with E-state index in [0.717, 1.165) is 5.56 Å². The largest absolute Gasteiger partial charge is 0.493 e. The Morgan fingerprint density at radius 2 is 1.93 bits per heavy atom. The van der Waals surface area contributed by atoms with E-state index in [1.807, 2.05) is 24.3 Å². The average molecular weight is 374 g/mol. The lowest BCUT2D eigenvalue weighted by atomic mass is 10.1. The number of ether oxygens (including phenoxy) is 2. The molecule has 0 saturated carbocycles. The molecule has 0 atom stereocenters. The van der Waals surface area contributed by atoms with E-state index in [2.05, 4.69) is 5.32 Å². The summed E-state index contributed by atoms with van der Waals surface area (Å²) >= 11 is 0. The topological polar surface area (TPSA) is 81.0 Å². The Labute approximate surface area is 159 Å². The molecule has 0 radical (unpaired) electrons. The summed E-state index contributed by atoms with van der Waals surface area (Å²) in [6.45, 7) is 2.72. The molecule has 0 aliphatic carbocycles. The zero-order chi connectivity index (χ0) is 19.6. The summed E-state index contributed by atoms with van der Waals surface area (Å²) in [4.78, 5) is 25.4. The molecule has 146 valence electrons. The Balaban J connectivity index is 1.76. The van der Waals surface area contributed by atoms with Crippen LogP contribution in [0, 0.1) is 0 Å². The van der Waals surface area contributed by atoms with Crippen LogP contribution in [0.25, 0.3) is 0 Å². The molecule has 7 nitrogen and oxygen atoms in total. The molecule has 0 aliphatic rings. The van der Waals surface area contributed by atoms with Crippen molar-refractivity contribution in [3.8, 4) is 11.5 Å². The third-order valence-electron chi connectivity index (χ3n) is 4.16. The Morgan fingerprint density at radius 3 is 2.56 bits per heavy atom. The second-order valence-electron chi connectivity index (χ2n) is 6.06. The minimum atomic E-state index is -0.0639. The van der Waals surface area contributed by atoms with Crippen molar-refractivity contribution in [2.75, 3.05) is 27.3 Å². The van der Waals surface area contributed by atoms with Crippen molar-refractivity contribution in [1.82, 2.24) is 10.2 Å². The van der Waals surface area contributed by atoms with Gasteiger partial charge in [0, 0.05) is 26.4 Å². The molecule has 1 aromatic heterocycles. The van der Waals surface area contributed by atoms with E-state index < -0.39 is 0 Å². The van der Waals surface area contributed by atoms with E-state index in [-0.39, 0.29) is 11.8 Å². The van der Waals surface area contributed by atoms with E-state index in [9.17, 15) is 9.59 Å². The highest BCUT2D eigenvalue weighted by Gasteiger charge is 2.12. The highest BCUT2D eigenvalue weighted by molar-refractivity contribution is 5.76. The van der Waals surface area contributed by atoms with Gasteiger partial charge in [0.15, 0.2) is 11.5 Å². The molecular formula is C20H26N2O5. The quantitative estimate of drug-likeness (QED) is 0.691. The molecule has 2 aromatic rings. The van der Waals surface area contributed by atoms with Gasteiger partial charge in [-0.2, -0.15) is 0 Å². The number of carbonyl (C=O) groups is 2. The number of aryl methyl sites for hydroxylation is 1. The van der Waals surface area contributed by atoms with E-state index in [4.69, 9.17) is 13.9 Å². The van der Waals surface area contributed by atoms with E-state index >= 15 is 0 Å². The first-order valence-electron chi connectivity index (χ1n) is 8.79. The third-order valence-corrected chi connectivity index (χ3v) is 4.16. The van der Waals surface area contributed by atoms with Gasteiger partial charge in [-0.05, 0) is 36.2 Å². The van der Waals surface area contributed by atoms with Crippen LogP contribution in [-0.4, -0.2) is 44.0 Å². The highest BCUT2D eigenvalue weighted by atomic mass is 16.5. The van der Waals surface area contributed by atoms with Gasteiger partial charge >= 0.3 is 0 Å². The number of rotatable bonds is 10. The summed E-state index contributed by atoms with van der Waals surface area (Å²) < 4.78 is 15.7. The van der Waals surface area contributed by atoms with Crippen molar-refractivity contribution in [2.24, 2.45) is 0 Å². The van der Waals surface area contributed by atoms with Crippen molar-refractivity contribution in [3.05, 3.63) is 47.9 Å². The molecule has 2 rings (SSSR count). The Morgan fingerprint density at radius 1 is 1.15 bits per heavy atom. The smallest absolute Gasteiger partial charge is 0.220 e. The SMILES string of the molecule is COc1ccc(CCC(=O)NCCN(Cc2ccco2)C(C)=O)cc1OC. The zero-order valence-corrected chi connectivity index (χ0v) is 16.0. The summed E-state index contributed by atoms with van der Waals surface area (Å²) in [5, 5.41) is 2.85. The first-order valence-corrected chi connectivity index (χ1v) is 8.79. The summed E-state index contributed by atoms with van der Waals surface area (Å²) in [5.41, 5.74) is 0.992. The predicted molar refractivity (Wildman–Crippen MR) is 101 cm³/mol. The molecule has 1 heterocycles. The molecular weight excluding hydrogens is 348 g/mol. The van der Waals surface area contributed by atoms with Gasteiger partial charge in [0.1, 0.15) is 5.76 Å². The second kappa shape index (κ2) is 10.3. The Hall–Kier alpha value is -2.96. The lowest BCUT2D eigenvalue weighted by Gasteiger charge is -2.20. The molecule has 0 unspecified atom stereocenters. The standard InChI is InChI=1S/C20H26N2O5/c1-15(23)22(14-17-5-4-12-27-17)11-10-21-20(24)9-7-16-6-8-18(25-2)19(13-16)26-3/h4-6,8,12-13H,7,9-11,14H2,1-3H3,(H,21,24). The fourth-order valence-electron chi connectivity index (χ4n) is 2.65. The van der Waals surface area contributed by atoms with Crippen molar-refractivity contribution in [3.63, 3.8) is 0 Å². The van der Waals surface area contributed by atoms with Crippen LogP contribution in [0.4, 0.5) is 0 Å². The molecule has 2 amide bonds. The maximum absolute atomic E-state index is 12.1. The van der Waals surface area contributed by atoms with Gasteiger partial charge in [-0.1, -0.05) is 6.07 Å². The fourth-order valence-corrected chi connectivity index (χ4v) is 2.65. The maximum atomic E-state index is 12.1. The molecule has 7 heteroatoms. The van der Waals surface area contributed by atoms with Gasteiger partial charge in [-0.3, -0.25) is 9.59 Å². The predicted octanol–water partition coefficient (Wildman–Crippen LogP) is 2.39. The number of nitrogens with one attached hydrogen (secondary N) is 1. The van der Waals surface area contributed by atoms with Crippen LogP contribution >= 0.6 is 0 Å². The Kier molecular flexibility index (Phi) is 7.73. The second-order valence-corrected chi connectivity index (χ2v) is 6.06. The first kappa shape index (κ1) is 20.4. The van der Waals surface area contributed by atoms with Crippen molar-refractivity contribution in [2.45, 2.75) is 26.3 Å². The molecule has 0 spiro atoms. The number of amides is 2. The number of carbonyl (C=O) groups excluding carboxylic acids is 2. The van der Waals surface area contributed by atoms with Gasteiger partial charge in [0.25, 0.3) is 0 Å². The van der Waals surface area contributed by atoms with E-state index in [0.29, 0.717) is 49.7 Å². The molecule has 27 heavy (non-hydrogen) atoms. The van der Waals surface area contributed by atoms with Gasteiger partial charge in [0.2, 0.25) is 11.8 Å². The van der Waals surface area contributed by atoms with Crippen LogP contribution in [0.5, 0.6) is 11.5 Å². The van der Waals surface area contributed by atoms with Crippen LogP contribution in [0.3, 0.4) is 0 Å². The number of hydrogen-bond donors (Lipinski definition) is 1. The first-order chi connectivity index (χ1) is 13.0. The van der Waals surface area contributed by atoms with Crippen LogP contribution in [0.1, 0.15) is 24.7 Å². The minimum Gasteiger partial charge on any atom is -0.493 e. The van der Waals surface area contributed by atoms with Crippen LogP contribution in [0.2, 0.25) is 0 Å². The highest BCUT2D eigenvalue weighted by Crippen LogP contribution is 2.27. The fraction of sp³-hybridized carbons (Fsp3) is 0.400. The Bertz CT molecular complexity index is 743. The van der Waals surface area contributed by atoms with Crippen molar-refractivity contribution in [1.29, 1.82) is 0 Å². The van der Waals surface area contributed by atoms with Gasteiger partial charge < -0.3 is 24.1 Å². The molecule has 1 aromatic carbocycles. The molecule has 1 N–H and O–H groups in total. The molecule has 0 aliphatic heterocycles. The monoisotopic (exact) mass is 374 g/mol. The van der Waals surface area contributed by atoms with Gasteiger partial charge in [-0.25, -0.2) is 0 Å². The summed E-state index contributed by atoms with van der Waals surface area (Å²) in [5.74, 6) is 1.89. The number of furan rings is 1. The summed E-state index contributed by atoms with van der Waals surface area (Å²) in [6.07, 6.45) is 2.52. The van der Waals surface area contributed by atoms with E-state index in [1.54, 1.807) is 31.4 Å². The zero-order valence-electron chi connectivity index (χ0n) is 16.0. The normalized spacial score (nSPS) is 10.3. The van der Waals surface area contributed by atoms with Crippen molar-refractivity contribution >= 4 is 11.8 Å². The lowest BCUT2D eigenvalue weighted by Crippen LogP contribution is -2.37. The van der Waals surface area contributed by atoms with Crippen LogP contribution in [0.15, 0.2) is 41.0 Å². The number of nitrogens with zero attached hydrogens (tertiary/aromatic N) is 1. The summed E-state index contributed by atoms with van der Waals surface area (Å²) in [7, 11) is 3.17. The minimum absolute atomic E-state index is 0.0636. The average Bonchev–Trinajstić information content (AvgIpc) is 3.18. The van der Waals surface area contributed by atoms with E-state index in [1.165, 1.54) is 6.92 Å². The number of methoxy groups -OCH3 is 2. The summed E-state index contributed by atoms with van der Waals surface area (Å²) in [6, 6.07) is 9.20. The third kappa shape index (κ3) is 6.36. The van der Waals surface area contributed by atoms with Gasteiger partial charge in [0.05, 0.1) is 27.0 Å². The van der Waals surface area contributed by atoms with Gasteiger partial charge in [-0.15, -0.1) is 0 Å². The molecule has 0 fully saturated rings. The molecule has 0 saturated heterocycles. The number of benzene rings is 1. The lowest BCUT2D eigenvalue weighted by molar-refractivity contribution is -0.130. The number of hydrogen-bond acceptors (Lipinski definition) is 5. The molecule has 0 bridgehead atoms. The van der Waals surface area contributed by atoms with Crippen molar-refractivity contribution < 1.29 is 23.5 Å². The maximum Gasteiger partial charge on any atom is 0.220 e. The van der Waals surface area contributed by atoms with Crippen LogP contribution in [-0.2, 0) is 22.6 Å². The van der Waals surface area contributed by atoms with Crippen LogP contribution < -0.4 is 14.8 Å².